The Morgan fingerprint density at radius 1 is 1.09 bits per heavy atom. The molecule has 0 saturated carbocycles. The first-order valence-electron chi connectivity index (χ1n) is 10.8. The minimum atomic E-state index is -4.68. The zero-order valence-electron chi connectivity index (χ0n) is 18.9. The van der Waals surface area contributed by atoms with E-state index in [9.17, 15) is 27.6 Å². The molecule has 1 aliphatic heterocycles. The summed E-state index contributed by atoms with van der Waals surface area (Å²) in [5.41, 5.74) is 5.16. The molecule has 0 radical (unpaired) electrons. The van der Waals surface area contributed by atoms with Gasteiger partial charge in [0, 0.05) is 31.1 Å². The summed E-state index contributed by atoms with van der Waals surface area (Å²) >= 11 is 0. The molecule has 0 atom stereocenters. The summed E-state index contributed by atoms with van der Waals surface area (Å²) < 4.78 is 46.2. The van der Waals surface area contributed by atoms with E-state index in [2.05, 4.69) is 0 Å². The molecule has 35 heavy (non-hydrogen) atoms. The summed E-state index contributed by atoms with van der Waals surface area (Å²) in [6, 6.07) is 9.94. The summed E-state index contributed by atoms with van der Waals surface area (Å²) in [6.45, 7) is 1.97. The van der Waals surface area contributed by atoms with Crippen molar-refractivity contribution in [1.29, 1.82) is 5.41 Å². The Bertz CT molecular complexity index is 1120. The van der Waals surface area contributed by atoms with Gasteiger partial charge in [-0.05, 0) is 54.2 Å². The molecule has 0 spiro atoms. The molecule has 11 heteroatoms. The second-order valence-electron chi connectivity index (χ2n) is 8.21. The van der Waals surface area contributed by atoms with Crippen LogP contribution in [-0.4, -0.2) is 41.7 Å². The number of likely N-dealkylation sites (tertiary alicyclic amines) is 1. The molecule has 1 fully saturated rings. The van der Waals surface area contributed by atoms with Gasteiger partial charge in [0.2, 0.25) is 0 Å². The van der Waals surface area contributed by atoms with E-state index in [1.54, 1.807) is 29.2 Å². The van der Waals surface area contributed by atoms with Crippen molar-refractivity contribution in [3.8, 4) is 0 Å². The number of amides is 2. The van der Waals surface area contributed by atoms with Gasteiger partial charge in [0.15, 0.2) is 5.96 Å². The standard InChI is InChI=1S/C24H25F3N4O4/c1-14(32)35-13-15-2-4-17(5-3-15)22(34)31-10-8-16(9-11-31)19-7-6-18(21(33)30-23(28)29)12-20(19)24(25,26)27/h2-7,12,16H,8-11,13H2,1H3,(H4,28,29,30,33). The second kappa shape index (κ2) is 10.6. The average Bonchev–Trinajstić information content (AvgIpc) is 2.81. The van der Waals surface area contributed by atoms with E-state index in [0.717, 1.165) is 11.6 Å². The molecular weight excluding hydrogens is 465 g/mol. The van der Waals surface area contributed by atoms with Gasteiger partial charge in [0.05, 0.1) is 5.56 Å². The summed E-state index contributed by atoms with van der Waals surface area (Å²) in [7, 11) is 0. The maximum atomic E-state index is 13.8. The molecule has 0 aliphatic carbocycles. The highest BCUT2D eigenvalue weighted by Gasteiger charge is 2.37. The van der Waals surface area contributed by atoms with Crippen molar-refractivity contribution >= 4 is 23.7 Å². The Kier molecular flexibility index (Phi) is 7.78. The van der Waals surface area contributed by atoms with Crippen LogP contribution < -0.4 is 11.1 Å². The highest BCUT2D eigenvalue weighted by atomic mass is 19.4. The minimum Gasteiger partial charge on any atom is -0.461 e. The third-order valence-electron chi connectivity index (χ3n) is 5.73. The van der Waals surface area contributed by atoms with Gasteiger partial charge in [-0.25, -0.2) is 0 Å². The molecule has 3 rings (SSSR count). The van der Waals surface area contributed by atoms with Crippen molar-refractivity contribution in [1.82, 2.24) is 10.2 Å². The van der Waals surface area contributed by atoms with Crippen molar-refractivity contribution < 1.29 is 32.3 Å². The normalized spacial score (nSPS) is 14.3. The van der Waals surface area contributed by atoms with Crippen LogP contribution in [0.5, 0.6) is 0 Å². The van der Waals surface area contributed by atoms with Gasteiger partial charge in [0.1, 0.15) is 6.61 Å². The van der Waals surface area contributed by atoms with E-state index in [4.69, 9.17) is 15.9 Å². The minimum absolute atomic E-state index is 0.0683. The molecule has 8 nitrogen and oxygen atoms in total. The highest BCUT2D eigenvalue weighted by molar-refractivity contribution is 6.04. The van der Waals surface area contributed by atoms with Crippen molar-refractivity contribution in [3.05, 3.63) is 70.3 Å². The molecule has 0 unspecified atom stereocenters. The number of nitrogens with zero attached hydrogens (tertiary/aromatic N) is 1. The predicted molar refractivity (Wildman–Crippen MR) is 121 cm³/mol. The van der Waals surface area contributed by atoms with Gasteiger partial charge in [-0.15, -0.1) is 0 Å². The zero-order valence-corrected chi connectivity index (χ0v) is 18.9. The van der Waals surface area contributed by atoms with Crippen LogP contribution in [-0.2, 0) is 22.3 Å². The molecule has 0 aromatic heterocycles. The van der Waals surface area contributed by atoms with Crippen LogP contribution in [0.1, 0.15) is 63.1 Å². The van der Waals surface area contributed by atoms with Gasteiger partial charge >= 0.3 is 12.1 Å². The topological polar surface area (TPSA) is 126 Å². The van der Waals surface area contributed by atoms with Crippen LogP contribution in [0.3, 0.4) is 0 Å². The van der Waals surface area contributed by atoms with Crippen LogP contribution >= 0.6 is 0 Å². The van der Waals surface area contributed by atoms with Crippen LogP contribution in [0.2, 0.25) is 0 Å². The number of piperidine rings is 1. The maximum absolute atomic E-state index is 13.8. The Morgan fingerprint density at radius 2 is 1.69 bits per heavy atom. The van der Waals surface area contributed by atoms with Gasteiger partial charge in [-0.3, -0.25) is 25.1 Å². The van der Waals surface area contributed by atoms with Gasteiger partial charge in [-0.2, -0.15) is 13.2 Å². The van der Waals surface area contributed by atoms with E-state index in [1.807, 2.05) is 5.32 Å². The van der Waals surface area contributed by atoms with E-state index in [-0.39, 0.29) is 36.7 Å². The van der Waals surface area contributed by atoms with Crippen molar-refractivity contribution in [3.63, 3.8) is 0 Å². The molecule has 2 aromatic rings. The zero-order chi connectivity index (χ0) is 25.8. The van der Waals surface area contributed by atoms with Crippen LogP contribution in [0.25, 0.3) is 0 Å². The molecule has 1 saturated heterocycles. The van der Waals surface area contributed by atoms with E-state index >= 15 is 0 Å². The molecule has 186 valence electrons. The third-order valence-corrected chi connectivity index (χ3v) is 5.73. The van der Waals surface area contributed by atoms with E-state index in [0.29, 0.717) is 18.4 Å². The lowest BCUT2D eigenvalue weighted by atomic mass is 9.85. The summed E-state index contributed by atoms with van der Waals surface area (Å²) in [6.07, 6.45) is -4.01. The van der Waals surface area contributed by atoms with E-state index in [1.165, 1.54) is 19.1 Å². The highest BCUT2D eigenvalue weighted by Crippen LogP contribution is 2.39. The Hall–Kier alpha value is -3.89. The van der Waals surface area contributed by atoms with Crippen molar-refractivity contribution in [2.24, 2.45) is 5.73 Å². The second-order valence-corrected chi connectivity index (χ2v) is 8.21. The van der Waals surface area contributed by atoms with E-state index < -0.39 is 35.5 Å². The lowest BCUT2D eigenvalue weighted by Gasteiger charge is -2.33. The largest absolute Gasteiger partial charge is 0.461 e. The molecule has 2 aromatic carbocycles. The van der Waals surface area contributed by atoms with Crippen LogP contribution in [0, 0.1) is 5.41 Å². The molecule has 0 bridgehead atoms. The van der Waals surface area contributed by atoms with Gasteiger partial charge in [0.25, 0.3) is 11.8 Å². The number of guanidine groups is 1. The number of rotatable bonds is 5. The maximum Gasteiger partial charge on any atom is 0.416 e. The summed E-state index contributed by atoms with van der Waals surface area (Å²) in [4.78, 5) is 37.3. The number of hydrogen-bond acceptors (Lipinski definition) is 5. The van der Waals surface area contributed by atoms with Crippen LogP contribution in [0.15, 0.2) is 42.5 Å². The Morgan fingerprint density at radius 3 is 2.23 bits per heavy atom. The molecule has 4 N–H and O–H groups in total. The molecule has 1 heterocycles. The summed E-state index contributed by atoms with van der Waals surface area (Å²) in [5, 5.41) is 9.06. The molecular formula is C24H25F3N4O4. The lowest BCUT2D eigenvalue weighted by Crippen LogP contribution is -2.38. The number of carbonyl (C=O) groups excluding carboxylic acids is 3. The average molecular weight is 490 g/mol. The van der Waals surface area contributed by atoms with Gasteiger partial charge in [-0.1, -0.05) is 18.2 Å². The smallest absolute Gasteiger partial charge is 0.416 e. The fraction of sp³-hybridized carbons (Fsp3) is 0.333. The number of benzene rings is 2. The fourth-order valence-corrected chi connectivity index (χ4v) is 4.00. The third kappa shape index (κ3) is 6.58. The number of hydrogen-bond donors (Lipinski definition) is 3. The lowest BCUT2D eigenvalue weighted by molar-refractivity contribution is -0.142. The molecule has 1 aliphatic rings. The quantitative estimate of drug-likeness (QED) is 0.337. The number of carbonyl (C=O) groups is 3. The Balaban J connectivity index is 1.69. The number of nitrogens with two attached hydrogens (primary N) is 1. The Labute approximate surface area is 199 Å². The van der Waals surface area contributed by atoms with Crippen molar-refractivity contribution in [2.45, 2.75) is 38.5 Å². The molecule has 2 amide bonds. The van der Waals surface area contributed by atoms with Gasteiger partial charge < -0.3 is 15.4 Å². The van der Waals surface area contributed by atoms with Crippen LogP contribution in [0.4, 0.5) is 13.2 Å². The fourth-order valence-electron chi connectivity index (χ4n) is 4.00. The monoisotopic (exact) mass is 490 g/mol. The number of halogens is 3. The van der Waals surface area contributed by atoms with Crippen molar-refractivity contribution in [2.75, 3.05) is 13.1 Å². The number of alkyl halides is 3. The first kappa shape index (κ1) is 25.7. The SMILES string of the molecule is CC(=O)OCc1ccc(C(=O)N2CCC(c3ccc(C(=O)NC(=N)N)cc3C(F)(F)F)CC2)cc1. The number of esters is 1. The first-order chi connectivity index (χ1) is 16.5. The first-order valence-corrected chi connectivity index (χ1v) is 10.8. The predicted octanol–water partition coefficient (Wildman–Crippen LogP) is 3.41. The summed E-state index contributed by atoms with van der Waals surface area (Å²) in [5.74, 6) is -2.63. The number of nitrogens with one attached hydrogen (secondary N) is 2. The number of ether oxygens (including phenoxy) is 1.